The molecule has 0 aliphatic heterocycles. The number of carbonyl (C=O) groups is 1. The summed E-state index contributed by atoms with van der Waals surface area (Å²) < 4.78 is 40.0. The molecule has 3 aromatic rings. The van der Waals surface area contributed by atoms with E-state index in [-0.39, 0.29) is 11.3 Å². The van der Waals surface area contributed by atoms with Crippen LogP contribution < -0.4 is 11.1 Å². The summed E-state index contributed by atoms with van der Waals surface area (Å²) in [6.45, 7) is 1.96. The molecule has 0 saturated heterocycles. The topological polar surface area (TPSA) is 72.4 Å². The third-order valence-corrected chi connectivity index (χ3v) is 4.57. The van der Waals surface area contributed by atoms with Crippen LogP contribution in [0.25, 0.3) is 5.65 Å². The predicted octanol–water partition coefficient (Wildman–Crippen LogP) is 4.30. The first kappa shape index (κ1) is 18.1. The molecule has 3 rings (SSSR count). The molecular formula is C17H15F3N4OS. The van der Waals surface area contributed by atoms with Crippen molar-refractivity contribution in [3.8, 4) is 0 Å². The van der Waals surface area contributed by atoms with Gasteiger partial charge >= 0.3 is 6.18 Å². The Morgan fingerprint density at radius 3 is 2.73 bits per heavy atom. The highest BCUT2D eigenvalue weighted by atomic mass is 32.2. The van der Waals surface area contributed by atoms with Gasteiger partial charge in [-0.15, -0.1) is 11.8 Å². The molecule has 26 heavy (non-hydrogen) atoms. The molecule has 0 aliphatic carbocycles. The maximum Gasteiger partial charge on any atom is 0.416 e. The van der Waals surface area contributed by atoms with E-state index in [1.54, 1.807) is 6.07 Å². The maximum atomic E-state index is 12.7. The number of hydrogen-bond donors (Lipinski definition) is 2. The number of anilines is 2. The molecule has 0 unspecified atom stereocenters. The lowest BCUT2D eigenvalue weighted by Gasteiger charge is -2.11. The Kier molecular flexibility index (Phi) is 4.82. The van der Waals surface area contributed by atoms with Crippen LogP contribution in [-0.4, -0.2) is 21.0 Å². The number of nitrogens with zero attached hydrogens (tertiary/aromatic N) is 2. The number of rotatable bonds is 4. The first-order valence-corrected chi connectivity index (χ1v) is 8.67. The third-order valence-electron chi connectivity index (χ3n) is 3.62. The number of imidazole rings is 1. The lowest BCUT2D eigenvalue weighted by Crippen LogP contribution is -2.16. The van der Waals surface area contributed by atoms with Gasteiger partial charge in [0, 0.05) is 11.9 Å². The standard InChI is InChI=1S/C17H15F3N4OS/c1-2-26-16-14(22-13-5-3-4-8-24(13)16)23-15(25)11-7-6-10(9-12(11)21)17(18,19)20/h3-9H,2,21H2,1H3,(H,23,25). The smallest absolute Gasteiger partial charge is 0.398 e. The van der Waals surface area contributed by atoms with Crippen LogP contribution in [0.15, 0.2) is 47.6 Å². The number of halogens is 3. The molecule has 3 N–H and O–H groups in total. The van der Waals surface area contributed by atoms with Gasteiger partial charge in [-0.05, 0) is 36.1 Å². The van der Waals surface area contributed by atoms with E-state index in [4.69, 9.17) is 5.73 Å². The van der Waals surface area contributed by atoms with Gasteiger partial charge in [-0.1, -0.05) is 13.0 Å². The molecular weight excluding hydrogens is 365 g/mol. The maximum absolute atomic E-state index is 12.7. The summed E-state index contributed by atoms with van der Waals surface area (Å²) in [6, 6.07) is 8.10. The highest BCUT2D eigenvalue weighted by Gasteiger charge is 2.31. The summed E-state index contributed by atoms with van der Waals surface area (Å²) in [7, 11) is 0. The van der Waals surface area contributed by atoms with Crippen LogP contribution in [0.4, 0.5) is 24.7 Å². The first-order valence-electron chi connectivity index (χ1n) is 7.69. The van der Waals surface area contributed by atoms with Crippen LogP contribution in [0.1, 0.15) is 22.8 Å². The quantitative estimate of drug-likeness (QED) is 0.523. The molecule has 136 valence electrons. The number of benzene rings is 1. The molecule has 1 amide bonds. The van der Waals surface area contributed by atoms with Gasteiger partial charge in [-0.2, -0.15) is 13.2 Å². The largest absolute Gasteiger partial charge is 0.416 e. The Balaban J connectivity index is 1.93. The van der Waals surface area contributed by atoms with Crippen molar-refractivity contribution < 1.29 is 18.0 Å². The van der Waals surface area contributed by atoms with E-state index in [0.717, 1.165) is 29.0 Å². The van der Waals surface area contributed by atoms with Gasteiger partial charge in [0.25, 0.3) is 5.91 Å². The minimum absolute atomic E-state index is 0.0393. The molecule has 0 atom stereocenters. The Morgan fingerprint density at radius 1 is 1.31 bits per heavy atom. The summed E-state index contributed by atoms with van der Waals surface area (Å²) in [6.07, 6.45) is -2.70. The number of aromatic nitrogens is 2. The predicted molar refractivity (Wildman–Crippen MR) is 95.4 cm³/mol. The van der Waals surface area contributed by atoms with E-state index >= 15 is 0 Å². The van der Waals surface area contributed by atoms with Crippen molar-refractivity contribution in [2.45, 2.75) is 18.1 Å². The highest BCUT2D eigenvalue weighted by Crippen LogP contribution is 2.32. The number of nitrogens with one attached hydrogen (secondary N) is 1. The van der Waals surface area contributed by atoms with E-state index < -0.39 is 17.6 Å². The van der Waals surface area contributed by atoms with Crippen LogP contribution in [0, 0.1) is 0 Å². The molecule has 1 aromatic carbocycles. The van der Waals surface area contributed by atoms with E-state index in [1.807, 2.05) is 29.7 Å². The van der Waals surface area contributed by atoms with Gasteiger partial charge in [0.15, 0.2) is 5.82 Å². The monoisotopic (exact) mass is 380 g/mol. The van der Waals surface area contributed by atoms with E-state index in [2.05, 4.69) is 10.3 Å². The van der Waals surface area contributed by atoms with E-state index in [1.165, 1.54) is 11.8 Å². The molecule has 0 fully saturated rings. The Morgan fingerprint density at radius 2 is 2.08 bits per heavy atom. The first-order chi connectivity index (χ1) is 12.3. The van der Waals surface area contributed by atoms with Crippen LogP contribution in [-0.2, 0) is 6.18 Å². The van der Waals surface area contributed by atoms with Gasteiger partial charge in [0.05, 0.1) is 11.1 Å². The second kappa shape index (κ2) is 6.91. The lowest BCUT2D eigenvalue weighted by molar-refractivity contribution is -0.137. The average Bonchev–Trinajstić information content (AvgIpc) is 2.92. The number of alkyl halides is 3. The molecule has 0 radical (unpaired) electrons. The zero-order chi connectivity index (χ0) is 18.9. The second-order valence-electron chi connectivity index (χ2n) is 5.38. The number of fused-ring (bicyclic) bond motifs is 1. The van der Waals surface area contributed by atoms with E-state index in [9.17, 15) is 18.0 Å². The highest BCUT2D eigenvalue weighted by molar-refractivity contribution is 7.99. The van der Waals surface area contributed by atoms with Crippen molar-refractivity contribution in [3.63, 3.8) is 0 Å². The summed E-state index contributed by atoms with van der Waals surface area (Å²) in [5.74, 6) is 0.485. The Bertz CT molecular complexity index is 968. The van der Waals surface area contributed by atoms with Crippen molar-refractivity contribution in [3.05, 3.63) is 53.7 Å². The Hall–Kier alpha value is -2.68. The number of thioether (sulfide) groups is 1. The van der Waals surface area contributed by atoms with Gasteiger partial charge < -0.3 is 11.1 Å². The van der Waals surface area contributed by atoms with Crippen molar-refractivity contribution in [1.29, 1.82) is 0 Å². The van der Waals surface area contributed by atoms with Crippen molar-refractivity contribution in [1.82, 2.24) is 9.38 Å². The van der Waals surface area contributed by atoms with Gasteiger partial charge in [0.1, 0.15) is 10.7 Å². The van der Waals surface area contributed by atoms with Gasteiger partial charge in [0.2, 0.25) is 0 Å². The SMILES string of the molecule is CCSc1c(NC(=O)c2ccc(C(F)(F)F)cc2N)nc2ccccn12. The number of hydrogen-bond acceptors (Lipinski definition) is 4. The molecule has 0 spiro atoms. The summed E-state index contributed by atoms with van der Waals surface area (Å²) in [5, 5.41) is 3.39. The van der Waals surface area contributed by atoms with Crippen LogP contribution in [0.2, 0.25) is 0 Å². The molecule has 2 aromatic heterocycles. The Labute approximate surface area is 151 Å². The summed E-state index contributed by atoms with van der Waals surface area (Å²) in [5.41, 5.74) is 5.12. The number of amides is 1. The minimum Gasteiger partial charge on any atom is -0.398 e. The molecule has 0 aliphatic rings. The molecule has 0 saturated carbocycles. The van der Waals surface area contributed by atoms with Crippen molar-refractivity contribution in [2.75, 3.05) is 16.8 Å². The normalized spacial score (nSPS) is 11.7. The summed E-state index contributed by atoms with van der Waals surface area (Å²) >= 11 is 1.49. The van der Waals surface area contributed by atoms with Gasteiger partial charge in [-0.25, -0.2) is 4.98 Å². The van der Waals surface area contributed by atoms with Crippen molar-refractivity contribution >= 4 is 34.8 Å². The molecule has 0 bridgehead atoms. The van der Waals surface area contributed by atoms with E-state index in [0.29, 0.717) is 11.5 Å². The fourth-order valence-corrected chi connectivity index (χ4v) is 3.25. The zero-order valence-corrected chi connectivity index (χ0v) is 14.5. The molecule has 9 heteroatoms. The second-order valence-corrected chi connectivity index (χ2v) is 6.63. The van der Waals surface area contributed by atoms with Crippen molar-refractivity contribution in [2.24, 2.45) is 0 Å². The van der Waals surface area contributed by atoms with Crippen LogP contribution in [0.5, 0.6) is 0 Å². The molecule has 5 nitrogen and oxygen atoms in total. The summed E-state index contributed by atoms with van der Waals surface area (Å²) in [4.78, 5) is 16.9. The fraction of sp³-hybridized carbons (Fsp3) is 0.176. The average molecular weight is 380 g/mol. The number of nitrogen functional groups attached to an aromatic ring is 1. The molecule has 2 heterocycles. The minimum atomic E-state index is -4.52. The number of nitrogens with two attached hydrogens (primary N) is 1. The lowest BCUT2D eigenvalue weighted by atomic mass is 10.1. The zero-order valence-electron chi connectivity index (χ0n) is 13.7. The van der Waals surface area contributed by atoms with Crippen LogP contribution >= 0.6 is 11.8 Å². The third kappa shape index (κ3) is 3.48. The van der Waals surface area contributed by atoms with Crippen LogP contribution in [0.3, 0.4) is 0 Å². The number of pyridine rings is 1. The van der Waals surface area contributed by atoms with Gasteiger partial charge in [-0.3, -0.25) is 9.20 Å². The number of carbonyl (C=O) groups excluding carboxylic acids is 1. The fourth-order valence-electron chi connectivity index (χ4n) is 2.45.